The van der Waals surface area contributed by atoms with Gasteiger partial charge in [0.05, 0.1) is 0 Å². The first kappa shape index (κ1) is 10.2. The minimum Gasteiger partial charge on any atom is -0.289 e. The summed E-state index contributed by atoms with van der Waals surface area (Å²) in [4.78, 5) is 11.9. The summed E-state index contributed by atoms with van der Waals surface area (Å²) in [6.07, 6.45) is 3.81. The minimum absolute atomic E-state index is 0.134. The highest BCUT2D eigenvalue weighted by Gasteiger charge is 2.16. The van der Waals surface area contributed by atoms with Crippen LogP contribution < -0.4 is 0 Å². The van der Waals surface area contributed by atoms with E-state index in [0.29, 0.717) is 0 Å². The maximum Gasteiger partial charge on any atom is 0.191 e. The van der Waals surface area contributed by atoms with Crippen molar-refractivity contribution >= 4 is 44.8 Å². The van der Waals surface area contributed by atoms with Gasteiger partial charge in [-0.1, -0.05) is 12.2 Å². The number of carbonyl (C=O) groups is 1. The fourth-order valence-electron chi connectivity index (χ4n) is 1.15. The summed E-state index contributed by atoms with van der Waals surface area (Å²) >= 11 is 6.56. The van der Waals surface area contributed by atoms with Gasteiger partial charge in [-0.25, -0.2) is 0 Å². The van der Waals surface area contributed by atoms with E-state index in [1.54, 1.807) is 11.8 Å². The van der Waals surface area contributed by atoms with Crippen LogP contribution in [0.4, 0.5) is 0 Å². The van der Waals surface area contributed by atoms with E-state index in [4.69, 9.17) is 0 Å². The van der Waals surface area contributed by atoms with Gasteiger partial charge in [0, 0.05) is 32.1 Å². The summed E-state index contributed by atoms with van der Waals surface area (Å²) in [5.74, 6) is 0.910. The summed E-state index contributed by atoms with van der Waals surface area (Å²) in [5, 5.41) is 5.81. The summed E-state index contributed by atoms with van der Waals surface area (Å²) < 4.78 is 0.896. The molecule has 2 heterocycles. The number of ketones is 1. The molecule has 1 aromatic heterocycles. The molecule has 0 aliphatic carbocycles. The lowest BCUT2D eigenvalue weighted by Gasteiger charge is -2.06. The minimum atomic E-state index is 0.134. The average Bonchev–Trinajstić information content (AvgIpc) is 2.65. The normalized spacial score (nSPS) is 15.4. The average molecular weight is 287 g/mol. The van der Waals surface area contributed by atoms with Crippen molar-refractivity contribution in [1.82, 2.24) is 0 Å². The molecule has 2 rings (SSSR count). The number of Topliss-reactive ketones (excluding diaryl/α,β-unsaturated/α-hetero) is 1. The Bertz CT molecular complexity index is 418. The van der Waals surface area contributed by atoms with Crippen LogP contribution >= 0.6 is 39.0 Å². The number of allylic oxidation sites excluding steroid dienone is 2. The molecule has 0 saturated carbocycles. The predicted molar refractivity (Wildman–Crippen MR) is 66.0 cm³/mol. The molecule has 0 bridgehead atoms. The monoisotopic (exact) mass is 286 g/mol. The molecule has 0 radical (unpaired) electrons. The van der Waals surface area contributed by atoms with Crippen molar-refractivity contribution in [1.29, 1.82) is 0 Å². The topological polar surface area (TPSA) is 17.1 Å². The smallest absolute Gasteiger partial charge is 0.191 e. The van der Waals surface area contributed by atoms with Crippen LogP contribution in [0.1, 0.15) is 10.4 Å². The second-order valence-corrected chi connectivity index (χ2v) is 5.29. The van der Waals surface area contributed by atoms with E-state index in [9.17, 15) is 4.79 Å². The zero-order chi connectivity index (χ0) is 9.97. The third-order valence-electron chi connectivity index (χ3n) is 1.86. The Morgan fingerprint density at radius 2 is 2.29 bits per heavy atom. The highest BCUT2D eigenvalue weighted by Crippen LogP contribution is 2.26. The standard InChI is InChI=1S/C10H7BrOS2/c11-9-6-14-5-8(9)10(12)7-2-1-3-13-4-7/h1-3,5-6H,4H2. The van der Waals surface area contributed by atoms with Gasteiger partial charge in [0.25, 0.3) is 0 Å². The number of hydrogen-bond acceptors (Lipinski definition) is 3. The van der Waals surface area contributed by atoms with Gasteiger partial charge in [0.2, 0.25) is 0 Å². The Morgan fingerprint density at radius 3 is 2.86 bits per heavy atom. The zero-order valence-electron chi connectivity index (χ0n) is 7.20. The molecule has 72 valence electrons. The highest BCUT2D eigenvalue weighted by atomic mass is 79.9. The summed E-state index contributed by atoms with van der Waals surface area (Å²) in [6.45, 7) is 0. The zero-order valence-corrected chi connectivity index (χ0v) is 10.4. The first-order chi connectivity index (χ1) is 6.79. The van der Waals surface area contributed by atoms with Crippen LogP contribution in [0.25, 0.3) is 0 Å². The lowest BCUT2D eigenvalue weighted by Crippen LogP contribution is -2.06. The van der Waals surface area contributed by atoms with Crippen molar-refractivity contribution in [2.75, 3.05) is 5.75 Å². The fraction of sp³-hybridized carbons (Fsp3) is 0.100. The summed E-state index contributed by atoms with van der Waals surface area (Å²) in [7, 11) is 0. The second-order valence-electron chi connectivity index (χ2n) is 2.79. The third kappa shape index (κ3) is 2.02. The number of thiophene rings is 1. The number of rotatable bonds is 2. The van der Waals surface area contributed by atoms with E-state index >= 15 is 0 Å². The van der Waals surface area contributed by atoms with E-state index in [1.165, 1.54) is 11.3 Å². The van der Waals surface area contributed by atoms with Gasteiger partial charge in [0.15, 0.2) is 5.78 Å². The van der Waals surface area contributed by atoms with Crippen molar-refractivity contribution in [2.24, 2.45) is 0 Å². The van der Waals surface area contributed by atoms with Crippen molar-refractivity contribution in [3.8, 4) is 0 Å². The summed E-state index contributed by atoms with van der Waals surface area (Å²) in [5.41, 5.74) is 1.65. The molecule has 0 fully saturated rings. The highest BCUT2D eigenvalue weighted by molar-refractivity contribution is 9.10. The van der Waals surface area contributed by atoms with Crippen LogP contribution in [0.3, 0.4) is 0 Å². The van der Waals surface area contributed by atoms with Crippen molar-refractivity contribution in [2.45, 2.75) is 0 Å². The van der Waals surface area contributed by atoms with Crippen LogP contribution in [0.5, 0.6) is 0 Å². The van der Waals surface area contributed by atoms with E-state index in [-0.39, 0.29) is 5.78 Å². The molecule has 0 N–H and O–H groups in total. The molecular weight excluding hydrogens is 280 g/mol. The molecule has 1 aromatic rings. The molecule has 4 heteroatoms. The summed E-state index contributed by atoms with van der Waals surface area (Å²) in [6, 6.07) is 0. The van der Waals surface area contributed by atoms with Crippen LogP contribution in [0.2, 0.25) is 0 Å². The van der Waals surface area contributed by atoms with E-state index in [0.717, 1.165) is 21.4 Å². The maximum atomic E-state index is 11.9. The largest absolute Gasteiger partial charge is 0.289 e. The van der Waals surface area contributed by atoms with Crippen molar-refractivity contribution in [3.63, 3.8) is 0 Å². The molecule has 1 nitrogen and oxygen atoms in total. The molecule has 0 atom stereocenters. The van der Waals surface area contributed by atoms with Crippen LogP contribution in [-0.2, 0) is 0 Å². The SMILES string of the molecule is O=C(C1=CC=CSC1)c1cscc1Br. The molecule has 0 amide bonds. The Morgan fingerprint density at radius 1 is 1.43 bits per heavy atom. The van der Waals surface area contributed by atoms with E-state index in [1.807, 2.05) is 28.3 Å². The second kappa shape index (κ2) is 4.47. The first-order valence-corrected chi connectivity index (χ1v) is 6.81. The first-order valence-electron chi connectivity index (χ1n) is 4.03. The van der Waals surface area contributed by atoms with Gasteiger partial charge in [-0.2, -0.15) is 11.3 Å². The maximum absolute atomic E-state index is 11.9. The molecule has 0 spiro atoms. The Hall–Kier alpha value is -0.320. The van der Waals surface area contributed by atoms with Crippen molar-refractivity contribution < 1.29 is 4.79 Å². The Kier molecular flexibility index (Phi) is 3.26. The number of halogens is 1. The van der Waals surface area contributed by atoms with Gasteiger partial charge in [-0.15, -0.1) is 11.8 Å². The van der Waals surface area contributed by atoms with Crippen LogP contribution in [0, 0.1) is 0 Å². The van der Waals surface area contributed by atoms with E-state index in [2.05, 4.69) is 15.9 Å². The van der Waals surface area contributed by atoms with Gasteiger partial charge < -0.3 is 0 Å². The van der Waals surface area contributed by atoms with Crippen LogP contribution in [0.15, 0.2) is 38.4 Å². The lowest BCUT2D eigenvalue weighted by molar-refractivity contribution is 0.103. The molecule has 0 unspecified atom stereocenters. The van der Waals surface area contributed by atoms with Gasteiger partial charge in [0.1, 0.15) is 0 Å². The third-order valence-corrected chi connectivity index (χ3v) is 4.39. The molecule has 1 aliphatic rings. The van der Waals surface area contributed by atoms with Gasteiger partial charge in [-0.3, -0.25) is 4.79 Å². The van der Waals surface area contributed by atoms with Crippen molar-refractivity contribution in [3.05, 3.63) is 43.9 Å². The molecular formula is C10H7BrOS2. The van der Waals surface area contributed by atoms with Crippen LogP contribution in [-0.4, -0.2) is 11.5 Å². The molecule has 0 aromatic carbocycles. The lowest BCUT2D eigenvalue weighted by atomic mass is 10.1. The van der Waals surface area contributed by atoms with Gasteiger partial charge >= 0.3 is 0 Å². The molecule has 1 aliphatic heterocycles. The van der Waals surface area contributed by atoms with Gasteiger partial charge in [-0.05, 0) is 21.3 Å². The Labute approximate surface area is 99.0 Å². The molecule has 14 heavy (non-hydrogen) atoms. The Balaban J connectivity index is 2.28. The fourth-order valence-corrected chi connectivity index (χ4v) is 3.30. The molecule has 0 saturated heterocycles. The number of thioether (sulfide) groups is 1. The number of carbonyl (C=O) groups excluding carboxylic acids is 1. The number of hydrogen-bond donors (Lipinski definition) is 0. The van der Waals surface area contributed by atoms with E-state index < -0.39 is 0 Å². The quantitative estimate of drug-likeness (QED) is 0.768. The predicted octanol–water partition coefficient (Wildman–Crippen LogP) is 3.88.